The summed E-state index contributed by atoms with van der Waals surface area (Å²) >= 11 is 0. The lowest BCUT2D eigenvalue weighted by atomic mass is 9.79. The Kier molecular flexibility index (Phi) is 8.64. The van der Waals surface area contributed by atoms with E-state index in [1.807, 2.05) is 12.1 Å². The van der Waals surface area contributed by atoms with E-state index in [1.165, 1.54) is 63.1 Å². The number of likely N-dealkylation sites (tertiary alicyclic amines) is 1. The average molecular weight is 686 g/mol. The van der Waals surface area contributed by atoms with Crippen molar-refractivity contribution in [3.63, 3.8) is 0 Å². The van der Waals surface area contributed by atoms with Crippen molar-refractivity contribution in [2.45, 2.75) is 35.5 Å². The molecule has 0 spiro atoms. The molecule has 254 valence electrons. The summed E-state index contributed by atoms with van der Waals surface area (Å²) in [6.07, 6.45) is 2.13. The number of amides is 1. The van der Waals surface area contributed by atoms with Gasteiger partial charge in [0.15, 0.2) is 5.54 Å². The van der Waals surface area contributed by atoms with Gasteiger partial charge in [0.1, 0.15) is 17.8 Å². The first-order valence-corrected chi connectivity index (χ1v) is 17.3. The van der Waals surface area contributed by atoms with Gasteiger partial charge >= 0.3 is 0 Å². The lowest BCUT2D eigenvalue weighted by molar-refractivity contribution is -0.127. The van der Waals surface area contributed by atoms with E-state index >= 15 is 4.79 Å². The summed E-state index contributed by atoms with van der Waals surface area (Å²) in [4.78, 5) is 23.8. The SMILES string of the molecule is COc1ccc(S(=O)(=O)N2C(=O)C(c3cc(CN4CCOCC4)ccc3OC)(N3C[C@H](O)C[C@H]3c3ncco3)c3cc(C#N)ccc32)cc1. The van der Waals surface area contributed by atoms with E-state index in [-0.39, 0.29) is 40.6 Å². The molecule has 1 N–H and O–H groups in total. The molecule has 2 saturated heterocycles. The minimum atomic E-state index is -4.54. The van der Waals surface area contributed by atoms with Gasteiger partial charge in [-0.3, -0.25) is 14.6 Å². The number of aliphatic hydroxyl groups is 1. The van der Waals surface area contributed by atoms with Crippen LogP contribution in [0.4, 0.5) is 5.69 Å². The Labute approximate surface area is 283 Å². The zero-order valence-electron chi connectivity index (χ0n) is 27.0. The first-order valence-electron chi connectivity index (χ1n) is 15.8. The van der Waals surface area contributed by atoms with Crippen LogP contribution in [-0.4, -0.2) is 87.4 Å². The van der Waals surface area contributed by atoms with Crippen molar-refractivity contribution < 1.29 is 36.9 Å². The molecule has 0 radical (unpaired) electrons. The molecular formula is C35H35N5O8S. The highest BCUT2D eigenvalue weighted by Crippen LogP contribution is 2.56. The Hall–Kier alpha value is -4.78. The number of sulfonamides is 1. The second kappa shape index (κ2) is 12.9. The van der Waals surface area contributed by atoms with E-state index in [9.17, 15) is 18.8 Å². The summed E-state index contributed by atoms with van der Waals surface area (Å²) in [5.41, 5.74) is -0.151. The van der Waals surface area contributed by atoms with E-state index in [4.69, 9.17) is 18.6 Å². The van der Waals surface area contributed by atoms with E-state index in [0.717, 1.165) is 23.0 Å². The van der Waals surface area contributed by atoms with Crippen molar-refractivity contribution in [3.05, 3.63) is 101 Å². The van der Waals surface area contributed by atoms with Crippen molar-refractivity contribution in [1.82, 2.24) is 14.8 Å². The lowest BCUT2D eigenvalue weighted by Crippen LogP contribution is -2.55. The van der Waals surface area contributed by atoms with E-state index < -0.39 is 33.6 Å². The van der Waals surface area contributed by atoms with Crippen molar-refractivity contribution in [2.75, 3.05) is 51.4 Å². The third-order valence-corrected chi connectivity index (χ3v) is 11.1. The van der Waals surface area contributed by atoms with E-state index in [1.54, 1.807) is 17.0 Å². The van der Waals surface area contributed by atoms with Crippen LogP contribution in [0.15, 0.2) is 82.4 Å². The highest BCUT2D eigenvalue weighted by molar-refractivity contribution is 7.93. The first-order chi connectivity index (χ1) is 23.7. The molecule has 0 saturated carbocycles. The number of rotatable bonds is 9. The fourth-order valence-corrected chi connectivity index (χ4v) is 8.66. The number of oxazole rings is 1. The maximum Gasteiger partial charge on any atom is 0.271 e. The maximum absolute atomic E-state index is 15.6. The topological polar surface area (TPSA) is 159 Å². The number of nitrogens with zero attached hydrogens (tertiary/aromatic N) is 5. The predicted octanol–water partition coefficient (Wildman–Crippen LogP) is 3.18. The zero-order chi connectivity index (χ0) is 34.3. The van der Waals surface area contributed by atoms with Crippen molar-refractivity contribution in [1.29, 1.82) is 5.26 Å². The Morgan fingerprint density at radius 2 is 1.82 bits per heavy atom. The third-order valence-electron chi connectivity index (χ3n) is 9.44. The maximum atomic E-state index is 15.6. The number of carbonyl (C=O) groups excluding carboxylic acids is 1. The molecule has 13 nitrogen and oxygen atoms in total. The van der Waals surface area contributed by atoms with Crippen LogP contribution in [0.1, 0.15) is 40.6 Å². The number of carbonyl (C=O) groups is 1. The molecule has 1 aromatic heterocycles. The molecule has 2 fully saturated rings. The number of hydrogen-bond acceptors (Lipinski definition) is 12. The molecule has 0 bridgehead atoms. The molecule has 7 rings (SSSR count). The number of methoxy groups -OCH3 is 2. The minimum absolute atomic E-state index is 0.0394. The molecule has 3 aliphatic rings. The van der Waals surface area contributed by atoms with Gasteiger partial charge in [0.05, 0.1) is 68.0 Å². The fourth-order valence-electron chi connectivity index (χ4n) is 7.20. The number of aromatic nitrogens is 1. The fraction of sp³-hybridized carbons (Fsp3) is 0.343. The van der Waals surface area contributed by atoms with Gasteiger partial charge in [0.2, 0.25) is 5.89 Å². The predicted molar refractivity (Wildman–Crippen MR) is 175 cm³/mol. The van der Waals surface area contributed by atoms with Gasteiger partial charge in [-0.05, 0) is 66.6 Å². The standard InChI is InChI=1S/C35H35N5O8S/c1-45-26-5-7-27(8-6-26)49(43,44)40-30-9-3-23(20-36)17-28(30)35(34(40)42,39-22-25(41)19-31(39)33-37-11-14-48-33)29-18-24(4-10-32(29)46-2)21-38-12-15-47-16-13-38/h3-11,14,17-18,25,31,41H,12-13,15-16,19,21-22H2,1-2H3/t25-,31+,35?/m1/s1. The normalized spacial score (nSPS) is 23.0. The summed E-state index contributed by atoms with van der Waals surface area (Å²) in [6.45, 7) is 3.13. The molecule has 4 heterocycles. The van der Waals surface area contributed by atoms with Crippen LogP contribution in [-0.2, 0) is 31.6 Å². The number of hydrogen-bond donors (Lipinski definition) is 1. The number of morpholine rings is 1. The van der Waals surface area contributed by atoms with Crippen LogP contribution >= 0.6 is 0 Å². The molecule has 14 heteroatoms. The number of β-amino-alcohol motifs (C(OH)–C–C–N with tert-alkyl or cyclic N) is 1. The second-order valence-corrected chi connectivity index (χ2v) is 13.9. The second-order valence-electron chi connectivity index (χ2n) is 12.2. The Bertz CT molecular complexity index is 2010. The third kappa shape index (κ3) is 5.44. The van der Waals surface area contributed by atoms with Gasteiger partial charge in [0.25, 0.3) is 15.9 Å². The van der Waals surface area contributed by atoms with Gasteiger partial charge in [-0.2, -0.15) is 5.26 Å². The van der Waals surface area contributed by atoms with Gasteiger partial charge in [0, 0.05) is 37.3 Å². The van der Waals surface area contributed by atoms with Crippen molar-refractivity contribution in [2.24, 2.45) is 0 Å². The summed E-state index contributed by atoms with van der Waals surface area (Å²) in [7, 11) is -1.58. The summed E-state index contributed by atoms with van der Waals surface area (Å²) in [6, 6.07) is 17.2. The molecule has 0 aliphatic carbocycles. The molecule has 3 aromatic carbocycles. The quantitative estimate of drug-likeness (QED) is 0.275. The Morgan fingerprint density at radius 1 is 1.04 bits per heavy atom. The van der Waals surface area contributed by atoms with Crippen LogP contribution in [0.5, 0.6) is 11.5 Å². The van der Waals surface area contributed by atoms with Gasteiger partial charge in [-0.15, -0.1) is 0 Å². The lowest BCUT2D eigenvalue weighted by Gasteiger charge is -2.41. The first kappa shape index (κ1) is 32.8. The highest BCUT2D eigenvalue weighted by atomic mass is 32.2. The van der Waals surface area contributed by atoms with Crippen LogP contribution in [0.2, 0.25) is 0 Å². The number of fused-ring (bicyclic) bond motifs is 1. The Morgan fingerprint density at radius 3 is 2.49 bits per heavy atom. The number of ether oxygens (including phenoxy) is 3. The van der Waals surface area contributed by atoms with E-state index in [0.29, 0.717) is 36.8 Å². The van der Waals surface area contributed by atoms with Crippen LogP contribution in [0.3, 0.4) is 0 Å². The van der Waals surface area contributed by atoms with Crippen LogP contribution in [0.25, 0.3) is 0 Å². The Balaban J connectivity index is 1.51. The summed E-state index contributed by atoms with van der Waals surface area (Å²) < 4.78 is 52.5. The zero-order valence-corrected chi connectivity index (χ0v) is 27.8. The molecule has 3 atom stereocenters. The van der Waals surface area contributed by atoms with Gasteiger partial charge in [-0.25, -0.2) is 17.7 Å². The van der Waals surface area contributed by atoms with Gasteiger partial charge in [-0.1, -0.05) is 6.07 Å². The number of nitriles is 1. The van der Waals surface area contributed by atoms with Crippen molar-refractivity contribution >= 4 is 21.6 Å². The summed E-state index contributed by atoms with van der Waals surface area (Å²) in [5.74, 6) is 0.202. The monoisotopic (exact) mass is 685 g/mol. The van der Waals surface area contributed by atoms with Crippen LogP contribution < -0.4 is 13.8 Å². The number of anilines is 1. The average Bonchev–Trinajstić information content (AvgIpc) is 3.85. The highest BCUT2D eigenvalue weighted by Gasteiger charge is 2.63. The van der Waals surface area contributed by atoms with E-state index in [2.05, 4.69) is 16.0 Å². The number of aliphatic hydroxyl groups excluding tert-OH is 1. The minimum Gasteiger partial charge on any atom is -0.497 e. The largest absolute Gasteiger partial charge is 0.497 e. The van der Waals surface area contributed by atoms with Gasteiger partial charge < -0.3 is 23.7 Å². The number of benzene rings is 3. The smallest absolute Gasteiger partial charge is 0.271 e. The molecule has 4 aromatic rings. The molecule has 3 aliphatic heterocycles. The molecular weight excluding hydrogens is 650 g/mol. The molecule has 1 amide bonds. The summed E-state index contributed by atoms with van der Waals surface area (Å²) in [5, 5.41) is 21.3. The van der Waals surface area contributed by atoms with Crippen molar-refractivity contribution in [3.8, 4) is 17.6 Å². The molecule has 1 unspecified atom stereocenters. The molecule has 49 heavy (non-hydrogen) atoms. The van der Waals surface area contributed by atoms with Crippen LogP contribution in [0, 0.1) is 11.3 Å².